The lowest BCUT2D eigenvalue weighted by Gasteiger charge is -2.39. The van der Waals surface area contributed by atoms with Gasteiger partial charge in [0.2, 0.25) is 0 Å². The molecule has 0 amide bonds. The van der Waals surface area contributed by atoms with Crippen molar-refractivity contribution in [1.82, 2.24) is 14.5 Å². The number of para-hydroxylation sites is 1. The number of imidazole rings is 1. The van der Waals surface area contributed by atoms with E-state index in [-0.39, 0.29) is 24.4 Å². The topological polar surface area (TPSA) is 69.0 Å². The number of nitrogens with zero attached hydrogens (tertiary/aromatic N) is 3. The zero-order valence-electron chi connectivity index (χ0n) is 24.2. The molecule has 7 rings (SSSR count). The standard InChI is InChI=1S/C34H35ClFN3O4/c1-21(40)23-6-9-29-30(16-23)39(18-25-12-15-41-25)32(37-29)19-38-13-10-22(11-14-38)26-4-3-5-31-33(26)43-34(2,20-42-31)27-8-7-24(35)17-28(27)36/h3-9,16-17,22,25,40H,1,10-15,18-20H2,2H3/t25-,34?/m0/s1. The highest BCUT2D eigenvalue weighted by Gasteiger charge is 2.39. The van der Waals surface area contributed by atoms with Gasteiger partial charge < -0.3 is 23.9 Å². The van der Waals surface area contributed by atoms with E-state index in [2.05, 4.69) is 22.1 Å². The molecular formula is C34H35ClFN3O4. The molecule has 4 heterocycles. The maximum absolute atomic E-state index is 14.9. The van der Waals surface area contributed by atoms with E-state index in [1.807, 2.05) is 37.3 Å². The normalized spacial score (nSPS) is 22.4. The number of hydrogen-bond donors (Lipinski definition) is 1. The number of benzene rings is 3. The first-order chi connectivity index (χ1) is 20.8. The minimum absolute atomic E-state index is 0.0502. The number of aliphatic hydroxyl groups excluding tert-OH is 1. The van der Waals surface area contributed by atoms with Crippen LogP contribution in [0.5, 0.6) is 11.5 Å². The van der Waals surface area contributed by atoms with Crippen LogP contribution in [0, 0.1) is 5.82 Å². The summed E-state index contributed by atoms with van der Waals surface area (Å²) < 4.78 is 35.7. The number of hydrogen-bond acceptors (Lipinski definition) is 6. The molecule has 1 N–H and O–H groups in total. The van der Waals surface area contributed by atoms with Gasteiger partial charge in [-0.1, -0.05) is 36.4 Å². The smallest absolute Gasteiger partial charge is 0.168 e. The molecule has 3 aromatic carbocycles. The van der Waals surface area contributed by atoms with Crippen LogP contribution in [0.1, 0.15) is 54.6 Å². The predicted octanol–water partition coefficient (Wildman–Crippen LogP) is 7.21. The number of rotatable bonds is 7. The molecule has 0 saturated carbocycles. The van der Waals surface area contributed by atoms with Gasteiger partial charge in [-0.3, -0.25) is 4.90 Å². The second-order valence-electron chi connectivity index (χ2n) is 12.0. The Hall–Kier alpha value is -3.59. The summed E-state index contributed by atoms with van der Waals surface area (Å²) >= 11 is 6.01. The summed E-state index contributed by atoms with van der Waals surface area (Å²) in [5.41, 5.74) is 3.15. The van der Waals surface area contributed by atoms with Gasteiger partial charge in [-0.2, -0.15) is 0 Å². The van der Waals surface area contributed by atoms with Gasteiger partial charge in [0.1, 0.15) is 24.0 Å². The second kappa shape index (κ2) is 11.2. The second-order valence-corrected chi connectivity index (χ2v) is 12.5. The van der Waals surface area contributed by atoms with Gasteiger partial charge >= 0.3 is 0 Å². The Morgan fingerprint density at radius 2 is 1.95 bits per heavy atom. The zero-order chi connectivity index (χ0) is 29.7. The number of ether oxygens (including phenoxy) is 3. The Bertz CT molecular complexity index is 1690. The lowest BCUT2D eigenvalue weighted by molar-refractivity contribution is -0.0592. The molecule has 224 valence electrons. The van der Waals surface area contributed by atoms with Gasteiger partial charge in [-0.05, 0) is 81.6 Å². The minimum Gasteiger partial charge on any atom is -0.508 e. The molecule has 0 radical (unpaired) electrons. The van der Waals surface area contributed by atoms with E-state index in [1.54, 1.807) is 12.1 Å². The van der Waals surface area contributed by atoms with Crippen molar-refractivity contribution in [2.75, 3.05) is 26.3 Å². The van der Waals surface area contributed by atoms with Gasteiger partial charge in [0.15, 0.2) is 17.1 Å². The largest absolute Gasteiger partial charge is 0.508 e. The van der Waals surface area contributed by atoms with Crippen LogP contribution in [-0.4, -0.2) is 52.0 Å². The molecule has 2 saturated heterocycles. The number of aliphatic hydroxyl groups is 1. The maximum atomic E-state index is 14.9. The summed E-state index contributed by atoms with van der Waals surface area (Å²) in [5.74, 6) is 2.33. The summed E-state index contributed by atoms with van der Waals surface area (Å²) in [5, 5.41) is 10.3. The van der Waals surface area contributed by atoms with E-state index < -0.39 is 11.4 Å². The van der Waals surface area contributed by atoms with Crippen molar-refractivity contribution >= 4 is 28.4 Å². The number of fused-ring (bicyclic) bond motifs is 2. The molecule has 3 aliphatic rings. The van der Waals surface area contributed by atoms with Crippen molar-refractivity contribution < 1.29 is 23.7 Å². The van der Waals surface area contributed by atoms with Crippen LogP contribution in [0.25, 0.3) is 16.8 Å². The molecule has 1 aromatic heterocycles. The van der Waals surface area contributed by atoms with Crippen molar-refractivity contribution in [3.8, 4) is 11.5 Å². The molecule has 3 aliphatic heterocycles. The van der Waals surface area contributed by atoms with E-state index in [9.17, 15) is 9.50 Å². The predicted molar refractivity (Wildman–Crippen MR) is 164 cm³/mol. The first-order valence-electron chi connectivity index (χ1n) is 14.9. The van der Waals surface area contributed by atoms with E-state index in [1.165, 1.54) is 6.07 Å². The van der Waals surface area contributed by atoms with Crippen molar-refractivity contribution in [1.29, 1.82) is 0 Å². The van der Waals surface area contributed by atoms with Gasteiger partial charge in [-0.15, -0.1) is 0 Å². The van der Waals surface area contributed by atoms with Gasteiger partial charge in [0.25, 0.3) is 0 Å². The zero-order valence-corrected chi connectivity index (χ0v) is 24.9. The first kappa shape index (κ1) is 28.2. The quantitative estimate of drug-likeness (QED) is 0.225. The molecule has 7 nitrogen and oxygen atoms in total. The molecule has 1 unspecified atom stereocenters. The van der Waals surface area contributed by atoms with Crippen molar-refractivity contribution in [3.63, 3.8) is 0 Å². The average Bonchev–Trinajstić information content (AvgIpc) is 3.30. The summed E-state index contributed by atoms with van der Waals surface area (Å²) in [7, 11) is 0. The Labute approximate surface area is 255 Å². The Morgan fingerprint density at radius 3 is 2.67 bits per heavy atom. The third-order valence-electron chi connectivity index (χ3n) is 9.07. The molecule has 4 aromatic rings. The molecule has 9 heteroatoms. The van der Waals surface area contributed by atoms with Crippen LogP contribution >= 0.6 is 11.6 Å². The van der Waals surface area contributed by atoms with Crippen LogP contribution in [0.15, 0.2) is 61.2 Å². The Balaban J connectivity index is 1.09. The molecule has 0 spiro atoms. The Kier molecular flexibility index (Phi) is 7.32. The Morgan fingerprint density at radius 1 is 1.14 bits per heavy atom. The summed E-state index contributed by atoms with van der Waals surface area (Å²) in [6.07, 6.45) is 3.12. The minimum atomic E-state index is -0.968. The van der Waals surface area contributed by atoms with E-state index in [0.29, 0.717) is 27.6 Å². The SMILES string of the molecule is C=C(O)c1ccc2nc(CN3CCC(c4cccc5c4OC(C)(c4ccc(Cl)cc4F)CO5)CC3)n(C[C@@H]3CCO3)c2c1. The summed E-state index contributed by atoms with van der Waals surface area (Å²) in [6.45, 7) is 9.84. The highest BCUT2D eigenvalue weighted by atomic mass is 35.5. The lowest BCUT2D eigenvalue weighted by Crippen LogP contribution is -2.41. The highest BCUT2D eigenvalue weighted by molar-refractivity contribution is 6.30. The van der Waals surface area contributed by atoms with Crippen LogP contribution in [0.4, 0.5) is 4.39 Å². The van der Waals surface area contributed by atoms with E-state index in [4.69, 9.17) is 30.8 Å². The van der Waals surface area contributed by atoms with Crippen LogP contribution < -0.4 is 9.47 Å². The molecule has 0 bridgehead atoms. The first-order valence-corrected chi connectivity index (χ1v) is 15.3. The summed E-state index contributed by atoms with van der Waals surface area (Å²) in [4.78, 5) is 7.44. The highest BCUT2D eigenvalue weighted by Crippen LogP contribution is 2.46. The molecule has 2 fully saturated rings. The van der Waals surface area contributed by atoms with Crippen molar-refractivity contribution in [3.05, 3.63) is 94.5 Å². The maximum Gasteiger partial charge on any atom is 0.168 e. The molecular weight excluding hydrogens is 569 g/mol. The fraction of sp³-hybridized carbons (Fsp3) is 0.382. The van der Waals surface area contributed by atoms with E-state index >= 15 is 0 Å². The lowest BCUT2D eigenvalue weighted by atomic mass is 9.87. The van der Waals surface area contributed by atoms with Crippen LogP contribution in [0.3, 0.4) is 0 Å². The average molecular weight is 604 g/mol. The van der Waals surface area contributed by atoms with Gasteiger partial charge in [0, 0.05) is 28.3 Å². The fourth-order valence-corrected chi connectivity index (χ4v) is 6.67. The van der Waals surface area contributed by atoms with Crippen molar-refractivity contribution in [2.24, 2.45) is 0 Å². The van der Waals surface area contributed by atoms with Gasteiger partial charge in [0.05, 0.1) is 30.2 Å². The van der Waals surface area contributed by atoms with E-state index in [0.717, 1.165) is 74.5 Å². The number of aromatic nitrogens is 2. The van der Waals surface area contributed by atoms with Gasteiger partial charge in [-0.25, -0.2) is 9.37 Å². The summed E-state index contributed by atoms with van der Waals surface area (Å²) in [6, 6.07) is 16.5. The third kappa shape index (κ3) is 5.37. The van der Waals surface area contributed by atoms with Crippen molar-refractivity contribution in [2.45, 2.75) is 56.9 Å². The third-order valence-corrected chi connectivity index (χ3v) is 9.31. The molecule has 0 aliphatic carbocycles. The number of likely N-dealkylation sites (tertiary alicyclic amines) is 1. The monoisotopic (exact) mass is 603 g/mol. The molecule has 2 atom stereocenters. The number of piperidine rings is 1. The molecule has 43 heavy (non-hydrogen) atoms. The van der Waals surface area contributed by atoms with Crippen LogP contribution in [0.2, 0.25) is 5.02 Å². The number of halogens is 2. The fourth-order valence-electron chi connectivity index (χ4n) is 6.51. The van der Waals surface area contributed by atoms with Crippen LogP contribution in [-0.2, 0) is 23.4 Å².